The summed E-state index contributed by atoms with van der Waals surface area (Å²) in [6, 6.07) is 5.19. The van der Waals surface area contributed by atoms with Gasteiger partial charge < -0.3 is 18.8 Å². The first-order valence-electron chi connectivity index (χ1n) is 7.22. The molecule has 0 aliphatic carbocycles. The van der Waals surface area contributed by atoms with E-state index < -0.39 is 0 Å². The van der Waals surface area contributed by atoms with E-state index in [1.54, 1.807) is 12.1 Å². The van der Waals surface area contributed by atoms with Crippen LogP contribution in [0.2, 0.25) is 0 Å². The van der Waals surface area contributed by atoms with Gasteiger partial charge in [0.15, 0.2) is 11.5 Å². The SMILES string of the molecule is CCCCN(C)Cc1cc(=O)oc2cc3c(cc12)OCO3. The Labute approximate surface area is 123 Å². The number of unbranched alkanes of at least 4 members (excludes halogenated alkanes) is 1. The average Bonchev–Trinajstić information content (AvgIpc) is 2.90. The van der Waals surface area contributed by atoms with Crippen LogP contribution in [-0.4, -0.2) is 25.3 Å². The maximum absolute atomic E-state index is 11.7. The molecule has 1 aliphatic rings. The molecule has 2 aromatic rings. The Morgan fingerprint density at radius 2 is 1.95 bits per heavy atom. The van der Waals surface area contributed by atoms with Crippen LogP contribution in [0.4, 0.5) is 0 Å². The number of ether oxygens (including phenoxy) is 2. The lowest BCUT2D eigenvalue weighted by molar-refractivity contribution is 0.174. The van der Waals surface area contributed by atoms with Gasteiger partial charge in [0.05, 0.1) is 0 Å². The van der Waals surface area contributed by atoms with Crippen LogP contribution in [0.25, 0.3) is 11.0 Å². The van der Waals surface area contributed by atoms with Crippen molar-refractivity contribution in [1.29, 1.82) is 0 Å². The number of nitrogens with zero attached hydrogens (tertiary/aromatic N) is 1. The van der Waals surface area contributed by atoms with Gasteiger partial charge in [-0.05, 0) is 31.6 Å². The first kappa shape index (κ1) is 13.9. The molecule has 0 amide bonds. The zero-order chi connectivity index (χ0) is 14.8. The maximum atomic E-state index is 11.7. The molecule has 5 nitrogen and oxygen atoms in total. The van der Waals surface area contributed by atoms with E-state index in [0.717, 1.165) is 30.3 Å². The van der Waals surface area contributed by atoms with E-state index in [1.165, 1.54) is 0 Å². The molecule has 5 heteroatoms. The van der Waals surface area contributed by atoms with Crippen LogP contribution in [0.1, 0.15) is 25.3 Å². The fraction of sp³-hybridized carbons (Fsp3) is 0.438. The predicted molar refractivity (Wildman–Crippen MR) is 79.8 cm³/mol. The fourth-order valence-electron chi connectivity index (χ4n) is 2.55. The zero-order valence-electron chi connectivity index (χ0n) is 12.3. The third kappa shape index (κ3) is 2.88. The highest BCUT2D eigenvalue weighted by atomic mass is 16.7. The maximum Gasteiger partial charge on any atom is 0.336 e. The molecule has 1 aromatic heterocycles. The van der Waals surface area contributed by atoms with E-state index >= 15 is 0 Å². The largest absolute Gasteiger partial charge is 0.454 e. The van der Waals surface area contributed by atoms with Gasteiger partial charge in [0.1, 0.15) is 5.58 Å². The standard InChI is InChI=1S/C16H19NO4/c1-3-4-5-17(2)9-11-6-16(18)21-13-8-15-14(7-12(11)13)19-10-20-15/h6-8H,3-5,9-10H2,1-2H3. The monoisotopic (exact) mass is 289 g/mol. The van der Waals surface area contributed by atoms with Crippen LogP contribution in [0.5, 0.6) is 11.5 Å². The molecule has 0 saturated carbocycles. The van der Waals surface area contributed by atoms with Gasteiger partial charge in [-0.25, -0.2) is 4.79 Å². The number of benzene rings is 1. The first-order chi connectivity index (χ1) is 10.2. The van der Waals surface area contributed by atoms with Gasteiger partial charge in [-0.15, -0.1) is 0 Å². The molecule has 1 aromatic carbocycles. The summed E-state index contributed by atoms with van der Waals surface area (Å²) in [4.78, 5) is 14.0. The van der Waals surface area contributed by atoms with Crippen LogP contribution >= 0.6 is 0 Å². The molecule has 0 fully saturated rings. The summed E-state index contributed by atoms with van der Waals surface area (Å²) in [6.45, 7) is 4.09. The number of fused-ring (bicyclic) bond motifs is 2. The molecule has 1 aliphatic heterocycles. The highest BCUT2D eigenvalue weighted by molar-refractivity contribution is 5.84. The molecule has 2 heterocycles. The molecule has 112 valence electrons. The second-order valence-corrected chi connectivity index (χ2v) is 5.38. The zero-order valence-corrected chi connectivity index (χ0v) is 12.3. The summed E-state index contributed by atoms with van der Waals surface area (Å²) in [5.41, 5.74) is 1.17. The second-order valence-electron chi connectivity index (χ2n) is 5.38. The minimum absolute atomic E-state index is 0.210. The number of rotatable bonds is 5. The molecule has 0 atom stereocenters. The van der Waals surface area contributed by atoms with Crippen molar-refractivity contribution in [2.45, 2.75) is 26.3 Å². The van der Waals surface area contributed by atoms with Crippen molar-refractivity contribution in [1.82, 2.24) is 4.90 Å². The fourth-order valence-corrected chi connectivity index (χ4v) is 2.55. The van der Waals surface area contributed by atoms with Crippen molar-refractivity contribution >= 4 is 11.0 Å². The molecule has 0 radical (unpaired) electrons. The van der Waals surface area contributed by atoms with Crippen LogP contribution in [-0.2, 0) is 6.54 Å². The Bertz CT molecular complexity index is 707. The minimum atomic E-state index is -0.333. The van der Waals surface area contributed by atoms with Gasteiger partial charge in [0.25, 0.3) is 0 Å². The molecule has 0 spiro atoms. The van der Waals surface area contributed by atoms with E-state index in [4.69, 9.17) is 13.9 Å². The van der Waals surface area contributed by atoms with Crippen LogP contribution < -0.4 is 15.1 Å². The van der Waals surface area contributed by atoms with Crippen molar-refractivity contribution in [2.75, 3.05) is 20.4 Å². The van der Waals surface area contributed by atoms with Gasteiger partial charge >= 0.3 is 5.63 Å². The summed E-state index contributed by atoms with van der Waals surface area (Å²) in [7, 11) is 2.06. The molecule has 0 unspecified atom stereocenters. The van der Waals surface area contributed by atoms with E-state index in [0.29, 0.717) is 23.6 Å². The van der Waals surface area contributed by atoms with Gasteiger partial charge in [-0.1, -0.05) is 13.3 Å². The first-order valence-corrected chi connectivity index (χ1v) is 7.22. The molecule has 0 bridgehead atoms. The average molecular weight is 289 g/mol. The Balaban J connectivity index is 1.99. The van der Waals surface area contributed by atoms with Crippen molar-refractivity contribution < 1.29 is 13.9 Å². The molecule has 21 heavy (non-hydrogen) atoms. The second kappa shape index (κ2) is 5.77. The summed E-state index contributed by atoms with van der Waals surface area (Å²) < 4.78 is 16.0. The Morgan fingerprint density at radius 3 is 2.71 bits per heavy atom. The highest BCUT2D eigenvalue weighted by Gasteiger charge is 2.17. The van der Waals surface area contributed by atoms with Gasteiger partial charge in [-0.2, -0.15) is 0 Å². The molecule has 0 N–H and O–H groups in total. The van der Waals surface area contributed by atoms with Crippen LogP contribution in [0.3, 0.4) is 0 Å². The normalized spacial score (nSPS) is 13.3. The molecular weight excluding hydrogens is 270 g/mol. The molecule has 3 rings (SSSR count). The van der Waals surface area contributed by atoms with Crippen molar-refractivity contribution in [3.05, 3.63) is 34.2 Å². The summed E-state index contributed by atoms with van der Waals surface area (Å²) in [5.74, 6) is 1.33. The summed E-state index contributed by atoms with van der Waals surface area (Å²) in [5, 5.41) is 0.905. The minimum Gasteiger partial charge on any atom is -0.454 e. The Kier molecular flexibility index (Phi) is 3.84. The molecular formula is C16H19NO4. The van der Waals surface area contributed by atoms with Crippen molar-refractivity contribution in [3.63, 3.8) is 0 Å². The summed E-state index contributed by atoms with van der Waals surface area (Å²) in [6.07, 6.45) is 2.29. The molecule has 0 saturated heterocycles. The van der Waals surface area contributed by atoms with E-state index in [-0.39, 0.29) is 12.4 Å². The van der Waals surface area contributed by atoms with Crippen LogP contribution in [0, 0.1) is 0 Å². The smallest absolute Gasteiger partial charge is 0.336 e. The van der Waals surface area contributed by atoms with E-state index in [9.17, 15) is 4.79 Å². The topological polar surface area (TPSA) is 51.9 Å². The lowest BCUT2D eigenvalue weighted by Gasteiger charge is -2.17. The van der Waals surface area contributed by atoms with Gasteiger partial charge in [0, 0.05) is 24.1 Å². The lowest BCUT2D eigenvalue weighted by atomic mass is 10.1. The number of hydrogen-bond donors (Lipinski definition) is 0. The van der Waals surface area contributed by atoms with Crippen molar-refractivity contribution in [2.24, 2.45) is 0 Å². The summed E-state index contributed by atoms with van der Waals surface area (Å²) >= 11 is 0. The lowest BCUT2D eigenvalue weighted by Crippen LogP contribution is -2.20. The van der Waals surface area contributed by atoms with Gasteiger partial charge in [0.2, 0.25) is 6.79 Å². The van der Waals surface area contributed by atoms with E-state index in [1.807, 2.05) is 6.07 Å². The van der Waals surface area contributed by atoms with Crippen LogP contribution in [0.15, 0.2) is 27.4 Å². The number of hydrogen-bond acceptors (Lipinski definition) is 5. The Hall–Kier alpha value is -2.01. The third-order valence-corrected chi connectivity index (χ3v) is 3.66. The quantitative estimate of drug-likeness (QED) is 0.792. The highest BCUT2D eigenvalue weighted by Crippen LogP contribution is 2.36. The Morgan fingerprint density at radius 1 is 1.19 bits per heavy atom. The van der Waals surface area contributed by atoms with E-state index in [2.05, 4.69) is 18.9 Å². The van der Waals surface area contributed by atoms with Crippen molar-refractivity contribution in [3.8, 4) is 11.5 Å². The third-order valence-electron chi connectivity index (χ3n) is 3.66. The predicted octanol–water partition coefficient (Wildman–Crippen LogP) is 2.75. The van der Waals surface area contributed by atoms with Gasteiger partial charge in [-0.3, -0.25) is 0 Å².